The molecule has 0 radical (unpaired) electrons. The van der Waals surface area contributed by atoms with E-state index in [1.807, 2.05) is 13.1 Å². The molecule has 0 N–H and O–H groups in total. The van der Waals surface area contributed by atoms with E-state index in [-0.39, 0.29) is 5.82 Å². The first-order valence-electron chi connectivity index (χ1n) is 8.25. The maximum atomic E-state index is 13.1. The molecule has 1 heterocycles. The summed E-state index contributed by atoms with van der Waals surface area (Å²) in [5.74, 6) is 0.523. The summed E-state index contributed by atoms with van der Waals surface area (Å²) in [7, 11) is 1.64. The van der Waals surface area contributed by atoms with Crippen molar-refractivity contribution in [2.45, 2.75) is 26.2 Å². The van der Waals surface area contributed by atoms with Gasteiger partial charge in [-0.1, -0.05) is 18.2 Å². The number of aromatic nitrogens is 1. The molecule has 1 aromatic heterocycles. The number of aldehydes is 1. The van der Waals surface area contributed by atoms with Gasteiger partial charge in [0.05, 0.1) is 7.11 Å². The Morgan fingerprint density at radius 3 is 2.60 bits per heavy atom. The van der Waals surface area contributed by atoms with Gasteiger partial charge in [-0.05, 0) is 60.2 Å². The zero-order chi connectivity index (χ0) is 17.8. The lowest BCUT2D eigenvalue weighted by Crippen LogP contribution is -1.98. The number of carbonyl (C=O) groups excluding carboxylic acids is 1. The first kappa shape index (κ1) is 17.1. The molecule has 3 aromatic rings. The summed E-state index contributed by atoms with van der Waals surface area (Å²) in [4.78, 5) is 15.4. The Kier molecular flexibility index (Phi) is 5.08. The van der Waals surface area contributed by atoms with Crippen molar-refractivity contribution >= 4 is 17.2 Å². The highest BCUT2D eigenvalue weighted by atomic mass is 19.1. The van der Waals surface area contributed by atoms with Crippen molar-refractivity contribution in [3.8, 4) is 5.75 Å². The summed E-state index contributed by atoms with van der Waals surface area (Å²) in [6.45, 7) is 1.98. The number of carbonyl (C=O) groups is 1. The van der Waals surface area contributed by atoms with E-state index >= 15 is 0 Å². The molecule has 0 spiro atoms. The Labute approximate surface area is 146 Å². The van der Waals surface area contributed by atoms with Crippen LogP contribution in [0, 0.1) is 12.7 Å². The second-order valence-corrected chi connectivity index (χ2v) is 6.13. The molecule has 2 aromatic carbocycles. The van der Waals surface area contributed by atoms with E-state index in [9.17, 15) is 9.18 Å². The lowest BCUT2D eigenvalue weighted by Gasteiger charge is -2.14. The number of hydrogen-bond donors (Lipinski definition) is 0. The van der Waals surface area contributed by atoms with E-state index < -0.39 is 0 Å². The Balaban J connectivity index is 2.05. The SMILES string of the molecule is COc1c(C)cc(CCC=O)c2cc(Cc3ccc(F)cc3)cnc12. The highest BCUT2D eigenvalue weighted by Crippen LogP contribution is 2.32. The van der Waals surface area contributed by atoms with Gasteiger partial charge in [-0.2, -0.15) is 0 Å². The predicted molar refractivity (Wildman–Crippen MR) is 96.6 cm³/mol. The fourth-order valence-corrected chi connectivity index (χ4v) is 3.14. The molecule has 25 heavy (non-hydrogen) atoms. The summed E-state index contributed by atoms with van der Waals surface area (Å²) >= 11 is 0. The molecule has 3 nitrogen and oxygen atoms in total. The fraction of sp³-hybridized carbons (Fsp3) is 0.238. The molecular weight excluding hydrogens is 317 g/mol. The van der Waals surface area contributed by atoms with Crippen molar-refractivity contribution < 1.29 is 13.9 Å². The fourth-order valence-electron chi connectivity index (χ4n) is 3.14. The third-order valence-electron chi connectivity index (χ3n) is 4.31. The number of fused-ring (bicyclic) bond motifs is 1. The number of nitrogens with zero attached hydrogens (tertiary/aromatic N) is 1. The zero-order valence-electron chi connectivity index (χ0n) is 14.4. The molecule has 0 fully saturated rings. The average molecular weight is 337 g/mol. The normalized spacial score (nSPS) is 10.8. The van der Waals surface area contributed by atoms with Crippen molar-refractivity contribution in [2.75, 3.05) is 7.11 Å². The van der Waals surface area contributed by atoms with Gasteiger partial charge in [0.2, 0.25) is 0 Å². The summed E-state index contributed by atoms with van der Waals surface area (Å²) < 4.78 is 18.6. The van der Waals surface area contributed by atoms with Gasteiger partial charge < -0.3 is 9.53 Å². The van der Waals surface area contributed by atoms with Crippen molar-refractivity contribution in [1.82, 2.24) is 4.98 Å². The topological polar surface area (TPSA) is 39.2 Å². The molecule has 4 heteroatoms. The van der Waals surface area contributed by atoms with Crippen LogP contribution in [0.4, 0.5) is 4.39 Å². The molecule has 0 amide bonds. The molecule has 0 aliphatic heterocycles. The van der Waals surface area contributed by atoms with Crippen molar-refractivity contribution in [3.63, 3.8) is 0 Å². The Morgan fingerprint density at radius 2 is 1.92 bits per heavy atom. The second kappa shape index (κ2) is 7.43. The van der Waals surface area contributed by atoms with Crippen LogP contribution >= 0.6 is 0 Å². The first-order valence-corrected chi connectivity index (χ1v) is 8.25. The van der Waals surface area contributed by atoms with Crippen LogP contribution in [0.3, 0.4) is 0 Å². The first-order chi connectivity index (χ1) is 12.1. The van der Waals surface area contributed by atoms with Crippen LogP contribution < -0.4 is 4.74 Å². The second-order valence-electron chi connectivity index (χ2n) is 6.13. The van der Waals surface area contributed by atoms with E-state index in [0.717, 1.165) is 45.2 Å². The van der Waals surface area contributed by atoms with Gasteiger partial charge in [0.1, 0.15) is 23.4 Å². The number of hydrogen-bond acceptors (Lipinski definition) is 3. The Bertz CT molecular complexity index is 904. The summed E-state index contributed by atoms with van der Waals surface area (Å²) in [6, 6.07) is 10.6. The van der Waals surface area contributed by atoms with Crippen LogP contribution in [0.5, 0.6) is 5.75 Å². The molecule has 0 bridgehead atoms. The van der Waals surface area contributed by atoms with Crippen LogP contribution in [0.1, 0.15) is 28.7 Å². The molecule has 0 aliphatic carbocycles. The van der Waals surface area contributed by atoms with Gasteiger partial charge in [-0.15, -0.1) is 0 Å². The van der Waals surface area contributed by atoms with E-state index in [0.29, 0.717) is 19.3 Å². The number of halogens is 1. The quantitative estimate of drug-likeness (QED) is 0.625. The summed E-state index contributed by atoms with van der Waals surface area (Å²) in [6.07, 6.45) is 4.58. The van der Waals surface area contributed by atoms with Crippen LogP contribution in [0.2, 0.25) is 0 Å². The van der Waals surface area contributed by atoms with Crippen LogP contribution in [-0.2, 0) is 17.6 Å². The standard InChI is InChI=1S/C21H20FNO2/c1-14-10-17(4-3-9-24)19-12-16(13-23-20(19)21(14)25-2)11-15-5-7-18(22)8-6-15/h5-10,12-13H,3-4,11H2,1-2H3. The maximum Gasteiger partial charge on any atom is 0.147 e. The Morgan fingerprint density at radius 1 is 1.16 bits per heavy atom. The van der Waals surface area contributed by atoms with Gasteiger partial charge in [0.15, 0.2) is 0 Å². The third-order valence-corrected chi connectivity index (χ3v) is 4.31. The minimum Gasteiger partial charge on any atom is -0.494 e. The van der Waals surface area contributed by atoms with Gasteiger partial charge >= 0.3 is 0 Å². The molecule has 0 aliphatic rings. The number of benzene rings is 2. The summed E-state index contributed by atoms with van der Waals surface area (Å²) in [5.41, 5.74) is 4.98. The van der Waals surface area contributed by atoms with Crippen molar-refractivity contribution in [2.24, 2.45) is 0 Å². The lowest BCUT2D eigenvalue weighted by molar-refractivity contribution is -0.107. The molecule has 3 rings (SSSR count). The number of ether oxygens (including phenoxy) is 1. The molecular formula is C21H20FNO2. The van der Waals surface area contributed by atoms with Crippen molar-refractivity contribution in [1.29, 1.82) is 0 Å². The number of pyridine rings is 1. The van der Waals surface area contributed by atoms with E-state index in [4.69, 9.17) is 4.74 Å². The monoisotopic (exact) mass is 337 g/mol. The zero-order valence-corrected chi connectivity index (χ0v) is 14.4. The highest BCUT2D eigenvalue weighted by molar-refractivity contribution is 5.89. The smallest absolute Gasteiger partial charge is 0.147 e. The van der Waals surface area contributed by atoms with E-state index in [1.54, 1.807) is 19.2 Å². The lowest BCUT2D eigenvalue weighted by atomic mass is 9.97. The van der Waals surface area contributed by atoms with Gasteiger partial charge in [-0.25, -0.2) is 4.39 Å². The number of aryl methyl sites for hydroxylation is 2. The minimum atomic E-state index is -0.239. The highest BCUT2D eigenvalue weighted by Gasteiger charge is 2.12. The minimum absolute atomic E-state index is 0.239. The van der Waals surface area contributed by atoms with Crippen LogP contribution in [-0.4, -0.2) is 18.4 Å². The van der Waals surface area contributed by atoms with Crippen LogP contribution in [0.15, 0.2) is 42.6 Å². The van der Waals surface area contributed by atoms with Gasteiger partial charge in [0.25, 0.3) is 0 Å². The molecule has 0 unspecified atom stereocenters. The maximum absolute atomic E-state index is 13.1. The van der Waals surface area contributed by atoms with Crippen molar-refractivity contribution in [3.05, 3.63) is 70.7 Å². The van der Waals surface area contributed by atoms with Crippen LogP contribution in [0.25, 0.3) is 10.9 Å². The molecule has 0 saturated heterocycles. The molecule has 0 saturated carbocycles. The average Bonchev–Trinajstić information content (AvgIpc) is 2.62. The largest absolute Gasteiger partial charge is 0.494 e. The number of methoxy groups -OCH3 is 1. The molecule has 128 valence electrons. The summed E-state index contributed by atoms with van der Waals surface area (Å²) in [5, 5.41) is 1.00. The number of rotatable bonds is 6. The molecule has 0 atom stereocenters. The predicted octanol–water partition coefficient (Wildman–Crippen LogP) is 4.41. The third kappa shape index (κ3) is 3.68. The van der Waals surface area contributed by atoms with Gasteiger partial charge in [0, 0.05) is 18.0 Å². The van der Waals surface area contributed by atoms with E-state index in [1.165, 1.54) is 12.1 Å². The van der Waals surface area contributed by atoms with E-state index in [2.05, 4.69) is 17.1 Å². The van der Waals surface area contributed by atoms with Gasteiger partial charge in [-0.3, -0.25) is 4.98 Å². The Hall–Kier alpha value is -2.75.